The van der Waals surface area contributed by atoms with E-state index in [9.17, 15) is 4.79 Å². The third kappa shape index (κ3) is 4.98. The van der Waals surface area contributed by atoms with Crippen molar-refractivity contribution >= 4 is 34.1 Å². The van der Waals surface area contributed by atoms with Crippen LogP contribution in [0.2, 0.25) is 0 Å². The molecular formula is C13H20N4O2S2. The molecule has 0 radical (unpaired) electrons. The van der Waals surface area contributed by atoms with Crippen LogP contribution in [0.1, 0.15) is 13.8 Å². The Morgan fingerprint density at radius 1 is 1.52 bits per heavy atom. The van der Waals surface area contributed by atoms with Gasteiger partial charge in [0.25, 0.3) is 0 Å². The largest absolute Gasteiger partial charge is 0.372 e. The van der Waals surface area contributed by atoms with Crippen LogP contribution in [0.3, 0.4) is 0 Å². The number of carbonyl (C=O) groups excluding carboxylic acids is 1. The lowest BCUT2D eigenvalue weighted by atomic mass is 10.2. The van der Waals surface area contributed by atoms with Crippen molar-refractivity contribution in [2.45, 2.75) is 30.4 Å². The second-order valence-electron chi connectivity index (χ2n) is 4.89. The van der Waals surface area contributed by atoms with Crippen LogP contribution in [0.5, 0.6) is 0 Å². The standard InChI is InChI=1S/C13H20N4O2S2/c1-4-5-14-12-15-16-13(21-12)20-8-11(18)17-6-9(2)19-10(3)7-17/h4,9-10H,1,5-8H2,2-3H3,(H,14,15)/t9-,10-/m1/s1. The number of nitrogens with zero attached hydrogens (tertiary/aromatic N) is 3. The zero-order valence-electron chi connectivity index (χ0n) is 12.2. The van der Waals surface area contributed by atoms with Gasteiger partial charge in [-0.3, -0.25) is 4.79 Å². The Balaban J connectivity index is 1.80. The highest BCUT2D eigenvalue weighted by Gasteiger charge is 2.25. The molecule has 1 aromatic rings. The van der Waals surface area contributed by atoms with E-state index in [0.29, 0.717) is 25.4 Å². The summed E-state index contributed by atoms with van der Waals surface area (Å²) in [5, 5.41) is 11.9. The van der Waals surface area contributed by atoms with E-state index < -0.39 is 0 Å². The van der Waals surface area contributed by atoms with Gasteiger partial charge in [0.05, 0.1) is 18.0 Å². The predicted octanol–water partition coefficient (Wildman–Crippen LogP) is 1.86. The molecule has 2 heterocycles. The number of anilines is 1. The van der Waals surface area contributed by atoms with Crippen LogP contribution in [0, 0.1) is 0 Å². The minimum Gasteiger partial charge on any atom is -0.372 e. The molecule has 0 spiro atoms. The van der Waals surface area contributed by atoms with Crippen molar-refractivity contribution in [2.75, 3.05) is 30.7 Å². The fraction of sp³-hybridized carbons (Fsp3) is 0.615. The zero-order chi connectivity index (χ0) is 15.2. The van der Waals surface area contributed by atoms with Gasteiger partial charge in [0.2, 0.25) is 11.0 Å². The molecule has 1 aliphatic rings. The number of ether oxygens (including phenoxy) is 1. The first-order valence-corrected chi connectivity index (χ1v) is 8.63. The fourth-order valence-electron chi connectivity index (χ4n) is 2.10. The van der Waals surface area contributed by atoms with Gasteiger partial charge in [-0.2, -0.15) is 0 Å². The summed E-state index contributed by atoms with van der Waals surface area (Å²) in [7, 11) is 0. The Hall–Kier alpha value is -1.12. The Labute approximate surface area is 133 Å². The number of hydrogen-bond acceptors (Lipinski definition) is 7. The van der Waals surface area contributed by atoms with Crippen LogP contribution < -0.4 is 5.32 Å². The first kappa shape index (κ1) is 16.3. The molecule has 0 aromatic carbocycles. The molecule has 6 nitrogen and oxygen atoms in total. The van der Waals surface area contributed by atoms with Gasteiger partial charge in [-0.05, 0) is 13.8 Å². The van der Waals surface area contributed by atoms with E-state index in [4.69, 9.17) is 4.74 Å². The minimum atomic E-state index is 0.0962. The molecule has 0 bridgehead atoms. The van der Waals surface area contributed by atoms with Gasteiger partial charge in [0, 0.05) is 19.6 Å². The maximum atomic E-state index is 12.2. The van der Waals surface area contributed by atoms with Crippen LogP contribution in [-0.4, -0.2) is 58.6 Å². The molecule has 116 valence electrons. The molecule has 0 unspecified atom stereocenters. The van der Waals surface area contributed by atoms with Gasteiger partial charge in [0.1, 0.15) is 0 Å². The van der Waals surface area contributed by atoms with Crippen molar-refractivity contribution in [3.05, 3.63) is 12.7 Å². The molecule has 21 heavy (non-hydrogen) atoms. The topological polar surface area (TPSA) is 67.4 Å². The number of hydrogen-bond donors (Lipinski definition) is 1. The van der Waals surface area contributed by atoms with E-state index in [2.05, 4.69) is 22.1 Å². The lowest BCUT2D eigenvalue weighted by Crippen LogP contribution is -2.48. The third-order valence-corrected chi connectivity index (χ3v) is 4.89. The average molecular weight is 328 g/mol. The van der Waals surface area contributed by atoms with Gasteiger partial charge in [-0.25, -0.2) is 0 Å². The summed E-state index contributed by atoms with van der Waals surface area (Å²) in [6.07, 6.45) is 1.95. The van der Waals surface area contributed by atoms with Gasteiger partial charge in [-0.1, -0.05) is 29.2 Å². The van der Waals surface area contributed by atoms with Crippen molar-refractivity contribution in [2.24, 2.45) is 0 Å². The second-order valence-corrected chi connectivity index (χ2v) is 7.09. The average Bonchev–Trinajstić information content (AvgIpc) is 2.89. The van der Waals surface area contributed by atoms with E-state index in [1.165, 1.54) is 23.1 Å². The Bertz CT molecular complexity index is 484. The number of rotatable bonds is 6. The Morgan fingerprint density at radius 2 is 2.24 bits per heavy atom. The summed E-state index contributed by atoms with van der Waals surface area (Å²) in [4.78, 5) is 14.1. The van der Waals surface area contributed by atoms with E-state index in [-0.39, 0.29) is 18.1 Å². The van der Waals surface area contributed by atoms with Crippen LogP contribution in [0.15, 0.2) is 17.0 Å². The molecule has 1 N–H and O–H groups in total. The molecule has 0 saturated carbocycles. The highest BCUT2D eigenvalue weighted by molar-refractivity contribution is 8.01. The number of nitrogens with one attached hydrogen (secondary N) is 1. The van der Waals surface area contributed by atoms with Gasteiger partial charge in [-0.15, -0.1) is 16.8 Å². The summed E-state index contributed by atoms with van der Waals surface area (Å²) in [5.41, 5.74) is 0. The molecule has 1 aliphatic heterocycles. The first-order valence-electron chi connectivity index (χ1n) is 6.82. The predicted molar refractivity (Wildman–Crippen MR) is 85.9 cm³/mol. The third-order valence-electron chi connectivity index (χ3n) is 2.90. The minimum absolute atomic E-state index is 0.0962. The van der Waals surface area contributed by atoms with Crippen molar-refractivity contribution in [3.63, 3.8) is 0 Å². The molecule has 1 amide bonds. The normalized spacial score (nSPS) is 22.1. The van der Waals surface area contributed by atoms with Crippen LogP contribution in [-0.2, 0) is 9.53 Å². The van der Waals surface area contributed by atoms with Crippen molar-refractivity contribution in [1.29, 1.82) is 0 Å². The van der Waals surface area contributed by atoms with Gasteiger partial charge < -0.3 is 15.0 Å². The quantitative estimate of drug-likeness (QED) is 0.635. The van der Waals surface area contributed by atoms with E-state index in [0.717, 1.165) is 9.47 Å². The smallest absolute Gasteiger partial charge is 0.233 e. The number of carbonyl (C=O) groups is 1. The number of morpholine rings is 1. The lowest BCUT2D eigenvalue weighted by molar-refractivity contribution is -0.140. The molecular weight excluding hydrogens is 308 g/mol. The van der Waals surface area contributed by atoms with Gasteiger partial charge >= 0.3 is 0 Å². The van der Waals surface area contributed by atoms with Crippen LogP contribution in [0.25, 0.3) is 0 Å². The Kier molecular flexibility index (Phi) is 6.01. The number of amides is 1. The molecule has 1 fully saturated rings. The summed E-state index contributed by atoms with van der Waals surface area (Å²) in [6.45, 7) is 9.59. The van der Waals surface area contributed by atoms with Crippen LogP contribution >= 0.6 is 23.1 Å². The molecule has 8 heteroatoms. The van der Waals surface area contributed by atoms with E-state index in [1.54, 1.807) is 6.08 Å². The SMILES string of the molecule is C=CCNc1nnc(SCC(=O)N2C[C@@H](C)O[C@H](C)C2)s1. The maximum Gasteiger partial charge on any atom is 0.233 e. The van der Waals surface area contributed by atoms with Gasteiger partial charge in [0.15, 0.2) is 4.34 Å². The highest BCUT2D eigenvalue weighted by Crippen LogP contribution is 2.26. The van der Waals surface area contributed by atoms with Crippen molar-refractivity contribution < 1.29 is 9.53 Å². The molecule has 1 aromatic heterocycles. The summed E-state index contributed by atoms with van der Waals surface area (Å²) < 4.78 is 6.43. The lowest BCUT2D eigenvalue weighted by Gasteiger charge is -2.35. The monoisotopic (exact) mass is 328 g/mol. The molecule has 0 aliphatic carbocycles. The second kappa shape index (κ2) is 7.77. The summed E-state index contributed by atoms with van der Waals surface area (Å²) in [5.74, 6) is 0.507. The van der Waals surface area contributed by atoms with E-state index >= 15 is 0 Å². The highest BCUT2D eigenvalue weighted by atomic mass is 32.2. The van der Waals surface area contributed by atoms with Crippen molar-refractivity contribution in [1.82, 2.24) is 15.1 Å². The number of aromatic nitrogens is 2. The fourth-order valence-corrected chi connectivity index (χ4v) is 3.76. The Morgan fingerprint density at radius 3 is 2.90 bits per heavy atom. The summed E-state index contributed by atoms with van der Waals surface area (Å²) >= 11 is 2.87. The van der Waals surface area contributed by atoms with Crippen molar-refractivity contribution in [3.8, 4) is 0 Å². The van der Waals surface area contributed by atoms with E-state index in [1.807, 2.05) is 18.7 Å². The maximum absolute atomic E-state index is 12.2. The first-order chi connectivity index (χ1) is 10.1. The number of thioether (sulfide) groups is 1. The van der Waals surface area contributed by atoms with Crippen LogP contribution in [0.4, 0.5) is 5.13 Å². The zero-order valence-corrected chi connectivity index (χ0v) is 13.9. The molecule has 2 rings (SSSR count). The summed E-state index contributed by atoms with van der Waals surface area (Å²) in [6, 6.07) is 0. The molecule has 2 atom stereocenters. The molecule has 1 saturated heterocycles.